The molecule has 2 N–H and O–H groups in total. The summed E-state index contributed by atoms with van der Waals surface area (Å²) < 4.78 is 0. The van der Waals surface area contributed by atoms with Crippen LogP contribution in [0.15, 0.2) is 29.6 Å². The van der Waals surface area contributed by atoms with Gasteiger partial charge in [0.25, 0.3) is 0 Å². The van der Waals surface area contributed by atoms with Crippen LogP contribution in [0.4, 0.5) is 5.13 Å². The maximum atomic E-state index is 12.2. The Kier molecular flexibility index (Phi) is 4.20. The molecule has 0 aliphatic carbocycles. The fourth-order valence-electron chi connectivity index (χ4n) is 2.35. The minimum Gasteiger partial charge on any atom is -0.355 e. The molecular weight excluding hydrogens is 298 g/mol. The fraction of sp³-hybridized carbons (Fsp3) is 0.312. The van der Waals surface area contributed by atoms with E-state index < -0.39 is 0 Å². The second kappa shape index (κ2) is 6.27. The van der Waals surface area contributed by atoms with Crippen LogP contribution in [0, 0.1) is 12.8 Å². The van der Waals surface area contributed by atoms with Crippen molar-refractivity contribution in [2.24, 2.45) is 5.92 Å². The van der Waals surface area contributed by atoms with Gasteiger partial charge in [-0.15, -0.1) is 11.3 Å². The number of hydrogen-bond donors (Lipinski definition) is 2. The van der Waals surface area contributed by atoms with Crippen LogP contribution in [0.2, 0.25) is 0 Å². The number of benzene rings is 1. The van der Waals surface area contributed by atoms with Gasteiger partial charge in [-0.25, -0.2) is 4.98 Å². The first kappa shape index (κ1) is 14.7. The van der Waals surface area contributed by atoms with Crippen LogP contribution in [0.25, 0.3) is 11.3 Å². The van der Waals surface area contributed by atoms with Gasteiger partial charge < -0.3 is 10.6 Å². The van der Waals surface area contributed by atoms with Gasteiger partial charge in [0.15, 0.2) is 5.13 Å². The molecule has 2 heterocycles. The average molecular weight is 315 g/mol. The van der Waals surface area contributed by atoms with Crippen LogP contribution in [-0.4, -0.2) is 23.3 Å². The summed E-state index contributed by atoms with van der Waals surface area (Å²) in [6.07, 6.45) is 0.998. The molecule has 1 aliphatic heterocycles. The Morgan fingerprint density at radius 1 is 1.36 bits per heavy atom. The van der Waals surface area contributed by atoms with Crippen molar-refractivity contribution in [3.63, 3.8) is 0 Å². The monoisotopic (exact) mass is 315 g/mol. The molecule has 114 valence electrons. The number of thiazole rings is 1. The molecule has 2 aromatic rings. The van der Waals surface area contributed by atoms with E-state index in [-0.39, 0.29) is 17.7 Å². The Morgan fingerprint density at radius 2 is 2.14 bits per heavy atom. The second-order valence-corrected chi connectivity index (χ2v) is 6.29. The van der Waals surface area contributed by atoms with E-state index in [1.165, 1.54) is 16.9 Å². The van der Waals surface area contributed by atoms with Crippen molar-refractivity contribution in [2.45, 2.75) is 19.8 Å². The number of carbonyl (C=O) groups excluding carboxylic acids is 2. The molecule has 1 saturated heterocycles. The third-order valence-electron chi connectivity index (χ3n) is 3.72. The third-order valence-corrected chi connectivity index (χ3v) is 4.48. The maximum Gasteiger partial charge on any atom is 0.231 e. The van der Waals surface area contributed by atoms with Crippen LogP contribution >= 0.6 is 11.3 Å². The van der Waals surface area contributed by atoms with Crippen LogP contribution < -0.4 is 10.6 Å². The van der Waals surface area contributed by atoms with Gasteiger partial charge in [-0.05, 0) is 13.3 Å². The highest BCUT2D eigenvalue weighted by atomic mass is 32.1. The van der Waals surface area contributed by atoms with E-state index in [1.807, 2.05) is 36.6 Å². The Labute approximate surface area is 132 Å². The number of piperidine rings is 1. The minimum absolute atomic E-state index is 0.0138. The predicted molar refractivity (Wildman–Crippen MR) is 86.7 cm³/mol. The summed E-state index contributed by atoms with van der Waals surface area (Å²) in [6, 6.07) is 8.12. The summed E-state index contributed by atoms with van der Waals surface area (Å²) in [7, 11) is 0. The largest absolute Gasteiger partial charge is 0.355 e. The number of nitrogens with one attached hydrogen (secondary N) is 2. The lowest BCUT2D eigenvalue weighted by Gasteiger charge is -2.20. The first-order chi connectivity index (χ1) is 10.6. The van der Waals surface area contributed by atoms with Crippen molar-refractivity contribution in [1.29, 1.82) is 0 Å². The number of amides is 2. The topological polar surface area (TPSA) is 71.1 Å². The zero-order chi connectivity index (χ0) is 15.5. The van der Waals surface area contributed by atoms with Gasteiger partial charge in [0.05, 0.1) is 11.6 Å². The molecule has 1 aromatic heterocycles. The van der Waals surface area contributed by atoms with E-state index in [0.717, 1.165) is 11.3 Å². The zero-order valence-corrected chi connectivity index (χ0v) is 13.1. The highest BCUT2D eigenvalue weighted by molar-refractivity contribution is 7.14. The number of nitrogens with zero attached hydrogens (tertiary/aromatic N) is 1. The van der Waals surface area contributed by atoms with Gasteiger partial charge in [-0.2, -0.15) is 0 Å². The summed E-state index contributed by atoms with van der Waals surface area (Å²) in [5.41, 5.74) is 3.09. The lowest BCUT2D eigenvalue weighted by molar-refractivity contribution is -0.126. The molecule has 0 spiro atoms. The van der Waals surface area contributed by atoms with Crippen molar-refractivity contribution < 1.29 is 9.59 Å². The summed E-state index contributed by atoms with van der Waals surface area (Å²) in [5, 5.41) is 8.09. The van der Waals surface area contributed by atoms with Gasteiger partial charge in [0, 0.05) is 23.9 Å². The van der Waals surface area contributed by atoms with E-state index in [9.17, 15) is 9.59 Å². The van der Waals surface area contributed by atoms with E-state index in [1.54, 1.807) is 0 Å². The lowest BCUT2D eigenvalue weighted by Crippen LogP contribution is -2.40. The van der Waals surface area contributed by atoms with E-state index in [0.29, 0.717) is 24.5 Å². The fourth-order valence-corrected chi connectivity index (χ4v) is 3.07. The van der Waals surface area contributed by atoms with E-state index >= 15 is 0 Å². The average Bonchev–Trinajstić information content (AvgIpc) is 2.97. The Balaban J connectivity index is 1.65. The van der Waals surface area contributed by atoms with E-state index in [4.69, 9.17) is 0 Å². The Morgan fingerprint density at radius 3 is 2.82 bits per heavy atom. The summed E-state index contributed by atoms with van der Waals surface area (Å²) in [4.78, 5) is 27.7. The quantitative estimate of drug-likeness (QED) is 0.914. The van der Waals surface area contributed by atoms with Crippen molar-refractivity contribution in [3.8, 4) is 11.3 Å². The maximum absolute atomic E-state index is 12.2. The molecule has 0 bridgehead atoms. The molecule has 0 saturated carbocycles. The van der Waals surface area contributed by atoms with Crippen molar-refractivity contribution in [3.05, 3.63) is 35.2 Å². The molecule has 1 fully saturated rings. The minimum atomic E-state index is -0.176. The van der Waals surface area contributed by atoms with E-state index in [2.05, 4.69) is 15.6 Å². The number of aryl methyl sites for hydroxylation is 1. The standard InChI is InChI=1S/C16H17N3O2S/c1-10-2-4-11(5-3-10)13-9-22-16(18-13)19-15(21)12-6-7-14(20)17-8-12/h2-5,9,12H,6-8H2,1H3,(H,17,20)(H,18,19,21)/t12-/m1/s1. The van der Waals surface area contributed by atoms with Crippen LogP contribution in [0.5, 0.6) is 0 Å². The van der Waals surface area contributed by atoms with Crippen LogP contribution in [0.3, 0.4) is 0 Å². The lowest BCUT2D eigenvalue weighted by atomic mass is 9.98. The molecule has 2 amide bonds. The zero-order valence-electron chi connectivity index (χ0n) is 12.3. The summed E-state index contributed by atoms with van der Waals surface area (Å²) in [6.45, 7) is 2.44. The van der Waals surface area contributed by atoms with Gasteiger partial charge in [0.1, 0.15) is 0 Å². The molecule has 6 heteroatoms. The van der Waals surface area contributed by atoms with Crippen molar-refractivity contribution in [2.75, 3.05) is 11.9 Å². The number of rotatable bonds is 3. The molecule has 3 rings (SSSR count). The first-order valence-electron chi connectivity index (χ1n) is 7.22. The predicted octanol–water partition coefficient (Wildman–Crippen LogP) is 2.58. The normalized spacial score (nSPS) is 17.9. The smallest absolute Gasteiger partial charge is 0.231 e. The highest BCUT2D eigenvalue weighted by Gasteiger charge is 2.25. The van der Waals surface area contributed by atoms with Gasteiger partial charge in [-0.3, -0.25) is 9.59 Å². The van der Waals surface area contributed by atoms with Gasteiger partial charge >= 0.3 is 0 Å². The molecule has 1 aliphatic rings. The third kappa shape index (κ3) is 3.33. The first-order valence-corrected chi connectivity index (χ1v) is 8.10. The van der Waals surface area contributed by atoms with Crippen molar-refractivity contribution >= 4 is 28.3 Å². The van der Waals surface area contributed by atoms with Gasteiger partial charge in [0.2, 0.25) is 11.8 Å². The van der Waals surface area contributed by atoms with Gasteiger partial charge in [-0.1, -0.05) is 29.8 Å². The molecule has 1 aromatic carbocycles. The van der Waals surface area contributed by atoms with Crippen molar-refractivity contribution in [1.82, 2.24) is 10.3 Å². The molecular formula is C16H17N3O2S. The molecule has 0 radical (unpaired) electrons. The molecule has 5 nitrogen and oxygen atoms in total. The second-order valence-electron chi connectivity index (χ2n) is 5.43. The van der Waals surface area contributed by atoms with Crippen LogP contribution in [-0.2, 0) is 9.59 Å². The molecule has 0 unspecified atom stereocenters. The number of aromatic nitrogens is 1. The number of carbonyl (C=O) groups is 2. The number of anilines is 1. The summed E-state index contributed by atoms with van der Waals surface area (Å²) in [5.74, 6) is -0.241. The van der Waals surface area contributed by atoms with Crippen LogP contribution in [0.1, 0.15) is 18.4 Å². The Hall–Kier alpha value is -2.21. The molecule has 1 atom stereocenters. The highest BCUT2D eigenvalue weighted by Crippen LogP contribution is 2.25. The number of hydrogen-bond acceptors (Lipinski definition) is 4. The Bertz CT molecular complexity index is 684. The molecule has 22 heavy (non-hydrogen) atoms. The SMILES string of the molecule is Cc1ccc(-c2csc(NC(=O)[C@@H]3CCC(=O)NC3)n2)cc1. The summed E-state index contributed by atoms with van der Waals surface area (Å²) >= 11 is 1.41.